The van der Waals surface area contributed by atoms with Crippen LogP contribution >= 0.6 is 0 Å². The number of aliphatic hydroxyl groups is 1. The molecule has 0 unspecified atom stereocenters. The van der Waals surface area contributed by atoms with E-state index in [9.17, 15) is 5.11 Å². The van der Waals surface area contributed by atoms with E-state index >= 15 is 0 Å². The van der Waals surface area contributed by atoms with Crippen molar-refractivity contribution in [3.63, 3.8) is 0 Å². The van der Waals surface area contributed by atoms with Crippen LogP contribution in [0.4, 0.5) is 0 Å². The molecule has 2 N–H and O–H groups in total. The fraction of sp³-hybridized carbons (Fsp3) is 0.273. The number of ether oxygens (including phenoxy) is 1. The average molecular weight is 191 g/mol. The van der Waals surface area contributed by atoms with E-state index < -0.39 is 0 Å². The molecule has 0 aliphatic carbocycles. The first-order valence-electron chi connectivity index (χ1n) is 4.52. The zero-order valence-electron chi connectivity index (χ0n) is 8.29. The van der Waals surface area contributed by atoms with Gasteiger partial charge in [-0.3, -0.25) is 0 Å². The molecule has 0 radical (unpaired) electrons. The number of benzene rings is 1. The third-order valence-corrected chi connectivity index (χ3v) is 2.49. The minimum Gasteiger partial charge on any atom is -0.496 e. The van der Waals surface area contributed by atoms with Crippen molar-refractivity contribution in [3.8, 4) is 5.75 Å². The lowest BCUT2D eigenvalue weighted by atomic mass is 10.1. The molecule has 0 atom stereocenters. The van der Waals surface area contributed by atoms with Crippen molar-refractivity contribution in [2.24, 2.45) is 0 Å². The summed E-state index contributed by atoms with van der Waals surface area (Å²) in [5.41, 5.74) is 3.03. The largest absolute Gasteiger partial charge is 0.496 e. The molecule has 74 valence electrons. The number of aromatic nitrogens is 1. The molecule has 2 rings (SSSR count). The van der Waals surface area contributed by atoms with Crippen LogP contribution in [0.3, 0.4) is 0 Å². The van der Waals surface area contributed by atoms with Crippen LogP contribution in [0, 0.1) is 6.92 Å². The van der Waals surface area contributed by atoms with E-state index in [1.54, 1.807) is 7.11 Å². The number of aliphatic hydroxyl groups excluding tert-OH is 1. The summed E-state index contributed by atoms with van der Waals surface area (Å²) in [6.45, 7) is 2.01. The molecule has 3 heteroatoms. The van der Waals surface area contributed by atoms with Gasteiger partial charge in [-0.1, -0.05) is 0 Å². The number of aryl methyl sites for hydroxylation is 1. The van der Waals surface area contributed by atoms with Crippen molar-refractivity contribution in [1.82, 2.24) is 4.98 Å². The Morgan fingerprint density at radius 3 is 2.93 bits per heavy atom. The van der Waals surface area contributed by atoms with Crippen molar-refractivity contribution in [3.05, 3.63) is 29.5 Å². The smallest absolute Gasteiger partial charge is 0.125 e. The topological polar surface area (TPSA) is 45.2 Å². The highest BCUT2D eigenvalue weighted by Crippen LogP contribution is 2.30. The Morgan fingerprint density at radius 2 is 2.29 bits per heavy atom. The second kappa shape index (κ2) is 3.35. The van der Waals surface area contributed by atoms with Crippen LogP contribution in [0.15, 0.2) is 18.3 Å². The molecule has 0 bridgehead atoms. The molecule has 3 nitrogen and oxygen atoms in total. The van der Waals surface area contributed by atoms with Crippen LogP contribution in [-0.2, 0) is 6.61 Å². The number of methoxy groups -OCH3 is 1. The Bertz CT molecular complexity index is 460. The molecule has 1 aromatic carbocycles. The molecule has 0 saturated carbocycles. The van der Waals surface area contributed by atoms with Gasteiger partial charge in [-0.15, -0.1) is 0 Å². The Labute approximate surface area is 82.3 Å². The predicted octanol–water partition coefficient (Wildman–Crippen LogP) is 1.98. The van der Waals surface area contributed by atoms with Gasteiger partial charge in [0.25, 0.3) is 0 Å². The van der Waals surface area contributed by atoms with Gasteiger partial charge >= 0.3 is 0 Å². The van der Waals surface area contributed by atoms with Crippen LogP contribution < -0.4 is 4.74 Å². The van der Waals surface area contributed by atoms with E-state index in [2.05, 4.69) is 4.98 Å². The number of aromatic amines is 1. The van der Waals surface area contributed by atoms with E-state index in [0.717, 1.165) is 27.8 Å². The average Bonchev–Trinajstić information content (AvgIpc) is 2.66. The summed E-state index contributed by atoms with van der Waals surface area (Å²) in [6.07, 6.45) is 1.87. The van der Waals surface area contributed by atoms with Crippen LogP contribution in [0.25, 0.3) is 10.9 Å². The zero-order chi connectivity index (χ0) is 10.1. The summed E-state index contributed by atoms with van der Waals surface area (Å²) in [7, 11) is 1.62. The molecular weight excluding hydrogens is 178 g/mol. The van der Waals surface area contributed by atoms with E-state index in [-0.39, 0.29) is 6.61 Å². The summed E-state index contributed by atoms with van der Waals surface area (Å²) in [4.78, 5) is 3.15. The first-order valence-corrected chi connectivity index (χ1v) is 4.52. The van der Waals surface area contributed by atoms with Crippen molar-refractivity contribution < 1.29 is 9.84 Å². The van der Waals surface area contributed by atoms with Gasteiger partial charge in [0.2, 0.25) is 0 Å². The Balaban J connectivity index is 2.82. The first-order chi connectivity index (χ1) is 6.77. The quantitative estimate of drug-likeness (QED) is 0.762. The van der Waals surface area contributed by atoms with Gasteiger partial charge in [0.1, 0.15) is 5.75 Å². The molecule has 14 heavy (non-hydrogen) atoms. The second-order valence-corrected chi connectivity index (χ2v) is 3.30. The van der Waals surface area contributed by atoms with Gasteiger partial charge in [0.05, 0.1) is 13.7 Å². The fourth-order valence-electron chi connectivity index (χ4n) is 1.78. The highest BCUT2D eigenvalue weighted by molar-refractivity contribution is 5.87. The molecule has 0 aliphatic heterocycles. The monoisotopic (exact) mass is 191 g/mol. The number of rotatable bonds is 2. The van der Waals surface area contributed by atoms with Gasteiger partial charge in [0, 0.05) is 22.7 Å². The van der Waals surface area contributed by atoms with Gasteiger partial charge in [-0.05, 0) is 24.6 Å². The summed E-state index contributed by atoms with van der Waals surface area (Å²) in [6, 6.07) is 3.89. The zero-order valence-corrected chi connectivity index (χ0v) is 8.29. The summed E-state index contributed by atoms with van der Waals surface area (Å²) < 4.78 is 5.22. The molecule has 0 fully saturated rings. The summed E-state index contributed by atoms with van der Waals surface area (Å²) in [5.74, 6) is 0.747. The lowest BCUT2D eigenvalue weighted by molar-refractivity contribution is 0.275. The Morgan fingerprint density at radius 1 is 1.50 bits per heavy atom. The predicted molar refractivity (Wildman–Crippen MR) is 55.5 cm³/mol. The van der Waals surface area contributed by atoms with E-state index in [1.165, 1.54) is 0 Å². The highest BCUT2D eigenvalue weighted by Gasteiger charge is 2.10. The first kappa shape index (κ1) is 9.09. The number of hydrogen-bond acceptors (Lipinski definition) is 2. The maximum absolute atomic E-state index is 9.26. The number of hydrogen-bond donors (Lipinski definition) is 2. The minimum absolute atomic E-state index is 0.00218. The fourth-order valence-corrected chi connectivity index (χ4v) is 1.78. The lowest BCUT2D eigenvalue weighted by Gasteiger charge is -2.09. The Hall–Kier alpha value is -1.48. The summed E-state index contributed by atoms with van der Waals surface area (Å²) >= 11 is 0. The summed E-state index contributed by atoms with van der Waals surface area (Å²) in [5, 5.41) is 10.3. The van der Waals surface area contributed by atoms with Gasteiger partial charge in [0.15, 0.2) is 0 Å². The number of nitrogens with one attached hydrogen (secondary N) is 1. The number of fused-ring (bicyclic) bond motifs is 1. The molecule has 0 amide bonds. The maximum Gasteiger partial charge on any atom is 0.125 e. The minimum atomic E-state index is -0.00218. The molecular formula is C11H13NO2. The van der Waals surface area contributed by atoms with Crippen LogP contribution in [-0.4, -0.2) is 17.2 Å². The highest BCUT2D eigenvalue weighted by atomic mass is 16.5. The van der Waals surface area contributed by atoms with Gasteiger partial charge < -0.3 is 14.8 Å². The van der Waals surface area contributed by atoms with E-state index in [1.807, 2.05) is 25.3 Å². The SMILES string of the molecule is COc1cc(C)c2[nH]ccc2c1CO. The molecule has 1 aromatic heterocycles. The molecule has 2 aromatic rings. The maximum atomic E-state index is 9.26. The standard InChI is InChI=1S/C11H13NO2/c1-7-5-10(14-2)9(6-13)8-3-4-12-11(7)8/h3-5,12-13H,6H2,1-2H3. The van der Waals surface area contributed by atoms with Crippen molar-refractivity contribution in [2.45, 2.75) is 13.5 Å². The van der Waals surface area contributed by atoms with Crippen LogP contribution in [0.5, 0.6) is 5.75 Å². The molecule has 0 spiro atoms. The van der Waals surface area contributed by atoms with Gasteiger partial charge in [-0.2, -0.15) is 0 Å². The van der Waals surface area contributed by atoms with Crippen molar-refractivity contribution in [1.29, 1.82) is 0 Å². The third-order valence-electron chi connectivity index (χ3n) is 2.49. The van der Waals surface area contributed by atoms with E-state index in [0.29, 0.717) is 0 Å². The Kier molecular flexibility index (Phi) is 2.17. The van der Waals surface area contributed by atoms with E-state index in [4.69, 9.17) is 4.74 Å². The van der Waals surface area contributed by atoms with Crippen LogP contribution in [0.2, 0.25) is 0 Å². The molecule has 1 heterocycles. The lowest BCUT2D eigenvalue weighted by Crippen LogP contribution is -1.94. The van der Waals surface area contributed by atoms with Crippen LogP contribution in [0.1, 0.15) is 11.1 Å². The van der Waals surface area contributed by atoms with Crippen molar-refractivity contribution in [2.75, 3.05) is 7.11 Å². The van der Waals surface area contributed by atoms with Crippen molar-refractivity contribution >= 4 is 10.9 Å². The normalized spacial score (nSPS) is 10.8. The third kappa shape index (κ3) is 1.17. The second-order valence-electron chi connectivity index (χ2n) is 3.30. The molecule has 0 aliphatic rings. The molecule has 0 saturated heterocycles. The number of H-pyrrole nitrogens is 1. The van der Waals surface area contributed by atoms with Gasteiger partial charge in [-0.25, -0.2) is 0 Å².